The molecule has 0 aliphatic carbocycles. The van der Waals surface area contributed by atoms with Gasteiger partial charge in [-0.25, -0.2) is 0 Å². The van der Waals surface area contributed by atoms with Crippen molar-refractivity contribution in [1.82, 2.24) is 0 Å². The van der Waals surface area contributed by atoms with Crippen molar-refractivity contribution in [3.05, 3.63) is 0 Å². The van der Waals surface area contributed by atoms with Gasteiger partial charge >= 0.3 is 0 Å². The standard InChI is InChI=1S/C4H11B18/c1-13-20(12)22(19(10)11)15(5)4-16(17(6)7)21(14(2)3)18(8)9/h4H2,1-3H3. The highest BCUT2D eigenvalue weighted by Gasteiger charge is 2.39. The molecule has 0 fully saturated rings. The molecule has 0 spiro atoms. The van der Waals surface area contributed by atoms with Gasteiger partial charge in [-0.1, -0.05) is 13.6 Å². The molecule has 0 saturated heterocycles. The van der Waals surface area contributed by atoms with E-state index in [0.717, 1.165) is 0 Å². The average molecular weight is 254 g/mol. The quantitative estimate of drug-likeness (QED) is 0.344. The summed E-state index contributed by atoms with van der Waals surface area (Å²) in [6.45, 7) is 5.67. The molecular weight excluding hydrogens is 243 g/mol. The molecule has 81 valence electrons. The molecule has 0 atom stereocenters. The third-order valence-electron chi connectivity index (χ3n) is 4.52. The minimum atomic E-state index is -0.625. The molecular formula is C4H11B18. The number of hydrogen-bond donors (Lipinski definition) is 0. The zero-order chi connectivity index (χ0) is 17.6. The molecule has 0 aliphatic rings. The van der Waals surface area contributed by atoms with Crippen molar-refractivity contribution in [2.45, 2.75) is 26.7 Å². The highest BCUT2D eigenvalue weighted by Crippen LogP contribution is 2.09. The lowest BCUT2D eigenvalue weighted by Gasteiger charge is -2.36. The van der Waals surface area contributed by atoms with Gasteiger partial charge in [-0.15, -0.1) is 13.0 Å². The summed E-state index contributed by atoms with van der Waals surface area (Å²) in [6.07, 6.45) is -1.83. The maximum absolute atomic E-state index is 6.32. The van der Waals surface area contributed by atoms with Crippen LogP contribution in [0.15, 0.2) is 0 Å². The van der Waals surface area contributed by atoms with Gasteiger partial charge < -0.3 is 0 Å². The van der Waals surface area contributed by atoms with Crippen molar-refractivity contribution >= 4 is 127 Å². The fourth-order valence-electron chi connectivity index (χ4n) is 3.32. The van der Waals surface area contributed by atoms with E-state index >= 15 is 0 Å². The van der Waals surface area contributed by atoms with Crippen LogP contribution in [0.3, 0.4) is 0 Å². The van der Waals surface area contributed by atoms with Crippen LogP contribution in [0.25, 0.3) is 0 Å². The van der Waals surface area contributed by atoms with Crippen molar-refractivity contribution in [2.75, 3.05) is 0 Å². The molecule has 0 rings (SSSR count). The lowest BCUT2D eigenvalue weighted by molar-refractivity contribution is 2.03. The Bertz CT molecular complexity index is 281. The molecule has 0 N–H and O–H groups in total. The topological polar surface area (TPSA) is 0 Å². The van der Waals surface area contributed by atoms with Crippen molar-refractivity contribution in [3.63, 3.8) is 0 Å². The van der Waals surface area contributed by atoms with Crippen molar-refractivity contribution in [3.8, 4) is 0 Å². The molecule has 17 radical (unpaired) electrons. The van der Waals surface area contributed by atoms with E-state index in [1.807, 2.05) is 27.6 Å². The molecule has 0 bridgehead atoms. The molecule has 0 aromatic heterocycles. The van der Waals surface area contributed by atoms with Crippen LogP contribution < -0.4 is 0 Å². The minimum Gasteiger partial charge on any atom is -0.124 e. The summed E-state index contributed by atoms with van der Waals surface area (Å²) in [5.74, 6) is 0. The van der Waals surface area contributed by atoms with Gasteiger partial charge in [-0.3, -0.25) is 0 Å². The van der Waals surface area contributed by atoms with Crippen LogP contribution in [0.5, 0.6) is 0 Å². The third-order valence-corrected chi connectivity index (χ3v) is 4.52. The lowest BCUT2D eigenvalue weighted by Crippen LogP contribution is -2.69. The van der Waals surface area contributed by atoms with Gasteiger partial charge in [0.1, 0.15) is 0 Å². The number of hydrogen-bond acceptors (Lipinski definition) is 0. The summed E-state index contributed by atoms with van der Waals surface area (Å²) >= 11 is 0. The van der Waals surface area contributed by atoms with Gasteiger partial charge in [-0.05, 0) is 0 Å². The highest BCUT2D eigenvalue weighted by atomic mass is 13.4. The second-order valence-electron chi connectivity index (χ2n) is 6.60. The Morgan fingerprint density at radius 1 is 0.727 bits per heavy atom. The normalized spacial score (nSPS) is 9.41. The predicted molar refractivity (Wildman–Crippen MR) is 126 cm³/mol. The maximum Gasteiger partial charge on any atom is 0.0842 e. The largest absolute Gasteiger partial charge is 0.124 e. The molecule has 0 aliphatic heterocycles. The molecule has 0 heterocycles. The Hall–Kier alpha value is 1.17. The van der Waals surface area contributed by atoms with E-state index in [0.29, 0.717) is 6.22 Å². The maximum atomic E-state index is 6.32. The van der Waals surface area contributed by atoms with Gasteiger partial charge in [0.15, 0.2) is 0 Å². The van der Waals surface area contributed by atoms with E-state index in [9.17, 15) is 0 Å². The monoisotopic (exact) mass is 257 g/mol. The Labute approximate surface area is 153 Å². The second kappa shape index (κ2) is 10.9. The molecule has 0 aromatic rings. The second-order valence-corrected chi connectivity index (χ2v) is 6.60. The Balaban J connectivity index is 5.22. The Morgan fingerprint density at radius 2 is 1.18 bits per heavy atom. The van der Waals surface area contributed by atoms with E-state index in [2.05, 4.69) is 0 Å². The summed E-state index contributed by atoms with van der Waals surface area (Å²) in [5, 5.41) is 0. The summed E-state index contributed by atoms with van der Waals surface area (Å²) < 4.78 is 0. The van der Waals surface area contributed by atoms with Crippen molar-refractivity contribution in [2.24, 2.45) is 0 Å². The zero-order valence-corrected chi connectivity index (χ0v) is 14.1. The fourth-order valence-corrected chi connectivity index (χ4v) is 3.32. The van der Waals surface area contributed by atoms with Crippen LogP contribution in [0.2, 0.25) is 26.7 Å². The SMILES string of the molecule is [B]B([B])B(CB([B])B(B([B])[B])B([B])[B]C)B(B([B])[B])B(C)C. The van der Waals surface area contributed by atoms with Gasteiger partial charge in [0, 0.05) is 113 Å². The first-order valence-electron chi connectivity index (χ1n) is 7.88. The van der Waals surface area contributed by atoms with Crippen LogP contribution in [0.1, 0.15) is 0 Å². The van der Waals surface area contributed by atoms with Crippen LogP contribution in [0, 0.1) is 0 Å². The van der Waals surface area contributed by atoms with Gasteiger partial charge in [0.2, 0.25) is 0 Å². The highest BCUT2D eigenvalue weighted by molar-refractivity contribution is 7.99. The predicted octanol–water partition coefficient (Wildman–Crippen LogP) is -4.64. The minimum absolute atomic E-state index is 0.0532. The fraction of sp³-hybridized carbons (Fsp3) is 1.00. The summed E-state index contributed by atoms with van der Waals surface area (Å²) in [7, 11) is 49.7. The molecule has 22 heavy (non-hydrogen) atoms. The van der Waals surface area contributed by atoms with E-state index in [-0.39, 0.29) is 38.7 Å². The van der Waals surface area contributed by atoms with Gasteiger partial charge in [0.25, 0.3) is 0 Å². The summed E-state index contributed by atoms with van der Waals surface area (Å²) in [6, 6.07) is 0. The van der Waals surface area contributed by atoms with Crippen molar-refractivity contribution < 1.29 is 0 Å². The molecule has 0 saturated carbocycles. The van der Waals surface area contributed by atoms with Gasteiger partial charge in [0.05, 0.1) is 13.8 Å². The molecule has 18 heteroatoms. The molecule has 0 unspecified atom stereocenters. The van der Waals surface area contributed by atoms with Crippen LogP contribution in [0.4, 0.5) is 0 Å². The first-order valence-corrected chi connectivity index (χ1v) is 7.88. The van der Waals surface area contributed by atoms with E-state index in [4.69, 9.17) is 61.9 Å². The summed E-state index contributed by atoms with van der Waals surface area (Å²) in [4.78, 5) is 0. The van der Waals surface area contributed by atoms with Crippen molar-refractivity contribution in [1.29, 1.82) is 0 Å². The van der Waals surface area contributed by atoms with Gasteiger partial charge in [-0.2, -0.15) is 0 Å². The Kier molecular flexibility index (Phi) is 11.5. The smallest absolute Gasteiger partial charge is 0.0842 e. The van der Waals surface area contributed by atoms with Crippen LogP contribution in [-0.2, 0) is 0 Å². The van der Waals surface area contributed by atoms with E-state index in [1.165, 1.54) is 0 Å². The zero-order valence-electron chi connectivity index (χ0n) is 14.1. The van der Waals surface area contributed by atoms with E-state index < -0.39 is 19.2 Å². The Morgan fingerprint density at radius 3 is 1.45 bits per heavy atom. The van der Waals surface area contributed by atoms with E-state index in [1.54, 1.807) is 0 Å². The van der Waals surface area contributed by atoms with Crippen LogP contribution in [-0.4, -0.2) is 127 Å². The molecule has 0 aromatic carbocycles. The average Bonchev–Trinajstić information content (AvgIpc) is 2.36. The first kappa shape index (κ1) is 23.2. The number of rotatable bonds is 10. The van der Waals surface area contributed by atoms with Crippen LogP contribution >= 0.6 is 0 Å². The molecule has 0 nitrogen and oxygen atoms in total. The summed E-state index contributed by atoms with van der Waals surface area (Å²) in [5.41, 5.74) is 0. The lowest BCUT2D eigenvalue weighted by atomic mass is 8.54. The first-order chi connectivity index (χ1) is 10.0. The molecule has 0 amide bonds. The third kappa shape index (κ3) is 6.96.